The van der Waals surface area contributed by atoms with Crippen LogP contribution in [0.5, 0.6) is 0 Å². The van der Waals surface area contributed by atoms with Crippen LogP contribution in [0.25, 0.3) is 0 Å². The molecule has 1 aliphatic heterocycles. The SMILES string of the molecule is CC1CC(N)CN(CC(O)COCc2ccccc2)C1. The van der Waals surface area contributed by atoms with Crippen molar-refractivity contribution < 1.29 is 9.84 Å². The first-order valence-corrected chi connectivity index (χ1v) is 7.41. The first-order valence-electron chi connectivity index (χ1n) is 7.41. The molecule has 1 heterocycles. The molecule has 0 spiro atoms. The molecule has 3 N–H and O–H groups in total. The molecule has 0 aliphatic carbocycles. The molecule has 0 saturated carbocycles. The number of benzene rings is 1. The monoisotopic (exact) mass is 278 g/mol. The Labute approximate surface area is 121 Å². The summed E-state index contributed by atoms with van der Waals surface area (Å²) in [5, 5.41) is 10.0. The van der Waals surface area contributed by atoms with Crippen LogP contribution in [0.2, 0.25) is 0 Å². The molecule has 1 fully saturated rings. The van der Waals surface area contributed by atoms with Crippen LogP contribution in [0, 0.1) is 5.92 Å². The van der Waals surface area contributed by atoms with Crippen LogP contribution in [-0.2, 0) is 11.3 Å². The van der Waals surface area contributed by atoms with E-state index in [1.54, 1.807) is 0 Å². The molecular weight excluding hydrogens is 252 g/mol. The van der Waals surface area contributed by atoms with Crippen molar-refractivity contribution in [1.29, 1.82) is 0 Å². The predicted molar refractivity (Wildman–Crippen MR) is 80.3 cm³/mol. The van der Waals surface area contributed by atoms with Gasteiger partial charge in [0.1, 0.15) is 0 Å². The number of aliphatic hydroxyl groups excluding tert-OH is 1. The lowest BCUT2D eigenvalue weighted by Crippen LogP contribution is -2.49. The van der Waals surface area contributed by atoms with E-state index in [9.17, 15) is 5.11 Å². The number of likely N-dealkylation sites (tertiary alicyclic amines) is 1. The topological polar surface area (TPSA) is 58.7 Å². The summed E-state index contributed by atoms with van der Waals surface area (Å²) in [5.41, 5.74) is 7.15. The Kier molecular flexibility index (Phi) is 5.98. The number of piperidine rings is 1. The Morgan fingerprint density at radius 2 is 2.10 bits per heavy atom. The molecule has 3 atom stereocenters. The van der Waals surface area contributed by atoms with Gasteiger partial charge in [0.2, 0.25) is 0 Å². The van der Waals surface area contributed by atoms with Crippen molar-refractivity contribution in [2.45, 2.75) is 32.1 Å². The van der Waals surface area contributed by atoms with Gasteiger partial charge in [0.05, 0.1) is 19.3 Å². The van der Waals surface area contributed by atoms with Gasteiger partial charge >= 0.3 is 0 Å². The zero-order chi connectivity index (χ0) is 14.4. The smallest absolute Gasteiger partial charge is 0.0900 e. The van der Waals surface area contributed by atoms with E-state index in [0.717, 1.165) is 25.1 Å². The summed E-state index contributed by atoms with van der Waals surface area (Å²) in [4.78, 5) is 2.25. The Morgan fingerprint density at radius 1 is 1.35 bits per heavy atom. The minimum atomic E-state index is -0.448. The fourth-order valence-corrected chi connectivity index (χ4v) is 2.90. The second-order valence-electron chi connectivity index (χ2n) is 5.97. The summed E-state index contributed by atoms with van der Waals surface area (Å²) in [7, 11) is 0. The molecular formula is C16H26N2O2. The standard InChI is InChI=1S/C16H26N2O2/c1-13-7-15(17)9-18(8-13)10-16(19)12-20-11-14-5-3-2-4-6-14/h2-6,13,15-16,19H,7-12,17H2,1H3. The number of aliphatic hydroxyl groups is 1. The van der Waals surface area contributed by atoms with E-state index >= 15 is 0 Å². The number of hydrogen-bond acceptors (Lipinski definition) is 4. The molecule has 4 nitrogen and oxygen atoms in total. The van der Waals surface area contributed by atoms with Crippen LogP contribution in [0.4, 0.5) is 0 Å². The van der Waals surface area contributed by atoms with Crippen molar-refractivity contribution in [3.8, 4) is 0 Å². The van der Waals surface area contributed by atoms with Crippen LogP contribution in [0.1, 0.15) is 18.9 Å². The minimum Gasteiger partial charge on any atom is -0.389 e. The van der Waals surface area contributed by atoms with Crippen molar-refractivity contribution in [3.63, 3.8) is 0 Å². The maximum absolute atomic E-state index is 10.0. The van der Waals surface area contributed by atoms with Gasteiger partial charge in [-0.1, -0.05) is 37.3 Å². The van der Waals surface area contributed by atoms with Crippen LogP contribution < -0.4 is 5.73 Å². The second kappa shape index (κ2) is 7.74. The summed E-state index contributed by atoms with van der Waals surface area (Å²) in [6.45, 7) is 5.67. The van der Waals surface area contributed by atoms with Gasteiger partial charge in [0, 0.05) is 25.7 Å². The fraction of sp³-hybridized carbons (Fsp3) is 0.625. The van der Waals surface area contributed by atoms with Crippen molar-refractivity contribution in [1.82, 2.24) is 4.90 Å². The fourth-order valence-electron chi connectivity index (χ4n) is 2.90. The van der Waals surface area contributed by atoms with Gasteiger partial charge in [0.25, 0.3) is 0 Å². The van der Waals surface area contributed by atoms with Crippen molar-refractivity contribution in [2.24, 2.45) is 11.7 Å². The number of ether oxygens (including phenoxy) is 1. The average Bonchev–Trinajstić information content (AvgIpc) is 2.38. The lowest BCUT2D eigenvalue weighted by atomic mass is 9.96. The van der Waals surface area contributed by atoms with Crippen molar-refractivity contribution in [2.75, 3.05) is 26.2 Å². The van der Waals surface area contributed by atoms with Crippen molar-refractivity contribution in [3.05, 3.63) is 35.9 Å². The highest BCUT2D eigenvalue weighted by Crippen LogP contribution is 2.15. The largest absolute Gasteiger partial charge is 0.389 e. The third-order valence-electron chi connectivity index (χ3n) is 3.66. The molecule has 3 unspecified atom stereocenters. The first kappa shape index (κ1) is 15.4. The van der Waals surface area contributed by atoms with Crippen molar-refractivity contribution >= 4 is 0 Å². The predicted octanol–water partition coefficient (Wildman–Crippen LogP) is 1.23. The minimum absolute atomic E-state index is 0.233. The number of hydrogen-bond donors (Lipinski definition) is 2. The summed E-state index contributed by atoms with van der Waals surface area (Å²) in [6, 6.07) is 10.3. The number of β-amino-alcohol motifs (C(OH)–C–C–N with tert-alkyl or cyclic N) is 1. The van der Waals surface area contributed by atoms with E-state index in [4.69, 9.17) is 10.5 Å². The zero-order valence-corrected chi connectivity index (χ0v) is 12.2. The molecule has 112 valence electrons. The average molecular weight is 278 g/mol. The highest BCUT2D eigenvalue weighted by Gasteiger charge is 2.23. The number of nitrogens with zero attached hydrogens (tertiary/aromatic N) is 1. The number of rotatable bonds is 6. The van der Waals surface area contributed by atoms with E-state index in [1.165, 1.54) is 0 Å². The molecule has 1 aliphatic rings. The van der Waals surface area contributed by atoms with E-state index in [-0.39, 0.29) is 6.04 Å². The van der Waals surface area contributed by atoms with Gasteiger partial charge in [-0.2, -0.15) is 0 Å². The van der Waals surface area contributed by atoms with E-state index in [1.807, 2.05) is 30.3 Å². The maximum Gasteiger partial charge on any atom is 0.0900 e. The van der Waals surface area contributed by atoms with E-state index in [0.29, 0.717) is 25.7 Å². The molecule has 2 rings (SSSR count). The van der Waals surface area contributed by atoms with Crippen LogP contribution in [-0.4, -0.2) is 48.4 Å². The molecule has 1 aromatic carbocycles. The van der Waals surface area contributed by atoms with Gasteiger partial charge in [-0.3, -0.25) is 4.90 Å². The molecule has 0 amide bonds. The van der Waals surface area contributed by atoms with Gasteiger partial charge < -0.3 is 15.6 Å². The Hall–Kier alpha value is -0.940. The molecule has 1 saturated heterocycles. The molecule has 0 radical (unpaired) electrons. The van der Waals surface area contributed by atoms with E-state index < -0.39 is 6.10 Å². The normalized spacial score (nSPS) is 25.6. The molecule has 4 heteroatoms. The van der Waals surface area contributed by atoms with E-state index in [2.05, 4.69) is 11.8 Å². The highest BCUT2D eigenvalue weighted by atomic mass is 16.5. The molecule has 20 heavy (non-hydrogen) atoms. The van der Waals surface area contributed by atoms with Crippen LogP contribution in [0.15, 0.2) is 30.3 Å². The van der Waals surface area contributed by atoms with Gasteiger partial charge in [-0.05, 0) is 17.9 Å². The summed E-state index contributed by atoms with van der Waals surface area (Å²) < 4.78 is 5.57. The van der Waals surface area contributed by atoms with Crippen LogP contribution >= 0.6 is 0 Å². The van der Waals surface area contributed by atoms with Crippen LogP contribution in [0.3, 0.4) is 0 Å². The van der Waals surface area contributed by atoms with Gasteiger partial charge in [0.15, 0.2) is 0 Å². The van der Waals surface area contributed by atoms with Gasteiger partial charge in [-0.25, -0.2) is 0 Å². The molecule has 1 aromatic rings. The zero-order valence-electron chi connectivity index (χ0n) is 12.2. The second-order valence-corrected chi connectivity index (χ2v) is 5.97. The Bertz CT molecular complexity index is 375. The molecule has 0 aromatic heterocycles. The lowest BCUT2D eigenvalue weighted by molar-refractivity contribution is 0.00213. The summed E-state index contributed by atoms with van der Waals surface area (Å²) in [5.74, 6) is 0.608. The third-order valence-corrected chi connectivity index (χ3v) is 3.66. The van der Waals surface area contributed by atoms with Gasteiger partial charge in [-0.15, -0.1) is 0 Å². The maximum atomic E-state index is 10.0. The summed E-state index contributed by atoms with van der Waals surface area (Å²) in [6.07, 6.45) is 0.633. The number of nitrogens with two attached hydrogens (primary N) is 1. The highest BCUT2D eigenvalue weighted by molar-refractivity contribution is 5.13. The first-order chi connectivity index (χ1) is 9.63. The summed E-state index contributed by atoms with van der Waals surface area (Å²) >= 11 is 0. The third kappa shape index (κ3) is 5.21. The Morgan fingerprint density at radius 3 is 2.80 bits per heavy atom. The molecule has 0 bridgehead atoms. The lowest BCUT2D eigenvalue weighted by Gasteiger charge is -2.35. The quantitative estimate of drug-likeness (QED) is 0.822. The Balaban J connectivity index is 1.66.